The largest absolute Gasteiger partial charge is 0.463 e. The molecule has 1 aliphatic rings. The van der Waals surface area contributed by atoms with E-state index in [-0.39, 0.29) is 12.2 Å². The second kappa shape index (κ2) is 9.76. The summed E-state index contributed by atoms with van der Waals surface area (Å²) < 4.78 is 13.4. The Morgan fingerprint density at radius 3 is 2.69 bits per heavy atom. The van der Waals surface area contributed by atoms with E-state index in [1.807, 2.05) is 67.6 Å². The molecule has 0 aliphatic carbocycles. The van der Waals surface area contributed by atoms with Gasteiger partial charge >= 0.3 is 5.97 Å². The number of ether oxygens (including phenoxy) is 1. The van der Waals surface area contributed by atoms with E-state index in [1.165, 1.54) is 11.3 Å². The quantitative estimate of drug-likeness (QED) is 0.348. The maximum Gasteiger partial charge on any atom is 0.338 e. The first kappa shape index (κ1) is 24.0. The average molecular weight is 519 g/mol. The van der Waals surface area contributed by atoms with Gasteiger partial charge < -0.3 is 9.15 Å². The second-order valence-corrected chi connectivity index (χ2v) is 9.82. The summed E-state index contributed by atoms with van der Waals surface area (Å²) in [6.07, 6.45) is 1.71. The number of halogens is 1. The molecular formula is C28H23ClN2O4S. The van der Waals surface area contributed by atoms with Crippen molar-refractivity contribution >= 4 is 35.0 Å². The molecule has 0 unspecified atom stereocenters. The minimum absolute atomic E-state index is 0.231. The highest BCUT2D eigenvalue weighted by Gasteiger charge is 2.33. The smallest absolute Gasteiger partial charge is 0.338 e. The van der Waals surface area contributed by atoms with E-state index in [0.29, 0.717) is 37.1 Å². The second-order valence-electron chi connectivity index (χ2n) is 8.37. The number of aromatic nitrogens is 1. The van der Waals surface area contributed by atoms with Crippen molar-refractivity contribution in [2.75, 3.05) is 6.61 Å². The Kier molecular flexibility index (Phi) is 6.51. The van der Waals surface area contributed by atoms with Crippen LogP contribution in [0.15, 0.2) is 86.1 Å². The predicted octanol–water partition coefficient (Wildman–Crippen LogP) is 5.02. The number of rotatable bonds is 5. The van der Waals surface area contributed by atoms with E-state index in [9.17, 15) is 9.59 Å². The summed E-state index contributed by atoms with van der Waals surface area (Å²) in [5, 5.41) is 0.621. The summed E-state index contributed by atoms with van der Waals surface area (Å²) in [5.41, 5.74) is 3.37. The molecule has 0 saturated carbocycles. The van der Waals surface area contributed by atoms with Crippen LogP contribution in [0.25, 0.3) is 17.4 Å². The number of thiazole rings is 1. The Balaban J connectivity index is 1.64. The Bertz CT molecular complexity index is 1680. The van der Waals surface area contributed by atoms with Gasteiger partial charge in [-0.2, -0.15) is 0 Å². The number of hydrogen-bond donors (Lipinski definition) is 0. The number of nitrogens with zero attached hydrogens (tertiary/aromatic N) is 2. The number of fused-ring (bicyclic) bond motifs is 1. The minimum Gasteiger partial charge on any atom is -0.463 e. The standard InChI is InChI=1S/C28H23ClN2O4S/c1-4-34-27(33)24-17(3)30-28-31(25(24)18-8-6-5-7-9-18)26(32)23(36-28)15-20-12-13-22(35-20)21-14-19(29)11-10-16(21)2/h5-15,25H,4H2,1-3H3/b23-15-/t25-/m0/s1. The molecule has 6 nitrogen and oxygen atoms in total. The highest BCUT2D eigenvalue weighted by atomic mass is 35.5. The van der Waals surface area contributed by atoms with Crippen molar-refractivity contribution in [3.8, 4) is 11.3 Å². The summed E-state index contributed by atoms with van der Waals surface area (Å²) in [5.74, 6) is 0.721. The number of carbonyl (C=O) groups is 1. The third-order valence-corrected chi connectivity index (χ3v) is 7.22. The van der Waals surface area contributed by atoms with Crippen molar-refractivity contribution in [2.45, 2.75) is 26.8 Å². The number of carbonyl (C=O) groups excluding carboxylic acids is 1. The zero-order valence-corrected chi connectivity index (χ0v) is 21.5. The van der Waals surface area contributed by atoms with E-state index in [0.717, 1.165) is 16.7 Å². The van der Waals surface area contributed by atoms with Crippen LogP contribution >= 0.6 is 22.9 Å². The molecular weight excluding hydrogens is 496 g/mol. The molecule has 0 N–H and O–H groups in total. The van der Waals surface area contributed by atoms with Crippen LogP contribution in [0.4, 0.5) is 0 Å². The maximum atomic E-state index is 13.7. The molecule has 8 heteroatoms. The van der Waals surface area contributed by atoms with Gasteiger partial charge in [-0.1, -0.05) is 59.3 Å². The Morgan fingerprint density at radius 2 is 1.94 bits per heavy atom. The first-order valence-corrected chi connectivity index (χ1v) is 12.7. The third kappa shape index (κ3) is 4.36. The van der Waals surface area contributed by atoms with Crippen LogP contribution in [0.3, 0.4) is 0 Å². The average Bonchev–Trinajstić information content (AvgIpc) is 3.45. The Morgan fingerprint density at radius 1 is 1.17 bits per heavy atom. The molecule has 0 saturated heterocycles. The van der Waals surface area contributed by atoms with E-state index in [1.54, 1.807) is 24.5 Å². The van der Waals surface area contributed by atoms with Crippen molar-refractivity contribution in [3.63, 3.8) is 0 Å². The Hall–Kier alpha value is -3.68. The summed E-state index contributed by atoms with van der Waals surface area (Å²) in [6, 6.07) is 18.1. The Labute approximate surface area is 216 Å². The van der Waals surface area contributed by atoms with Gasteiger partial charge in [0.05, 0.1) is 28.5 Å². The van der Waals surface area contributed by atoms with Crippen LogP contribution in [0.1, 0.15) is 36.8 Å². The monoisotopic (exact) mass is 518 g/mol. The highest BCUT2D eigenvalue weighted by Crippen LogP contribution is 2.31. The van der Waals surface area contributed by atoms with Crippen molar-refractivity contribution < 1.29 is 13.9 Å². The molecule has 1 aliphatic heterocycles. The number of furan rings is 1. The summed E-state index contributed by atoms with van der Waals surface area (Å²) in [6.45, 7) is 5.74. The molecule has 0 spiro atoms. The molecule has 36 heavy (non-hydrogen) atoms. The van der Waals surface area contributed by atoms with Gasteiger partial charge in [-0.15, -0.1) is 0 Å². The lowest BCUT2D eigenvalue weighted by Gasteiger charge is -2.24. The van der Waals surface area contributed by atoms with Gasteiger partial charge in [0.2, 0.25) is 0 Å². The third-order valence-electron chi connectivity index (χ3n) is 6.00. The number of hydrogen-bond acceptors (Lipinski definition) is 6. The van der Waals surface area contributed by atoms with Gasteiger partial charge in [0.1, 0.15) is 11.5 Å². The fourth-order valence-electron chi connectivity index (χ4n) is 4.31. The molecule has 4 aromatic rings. The summed E-state index contributed by atoms with van der Waals surface area (Å²) in [4.78, 5) is 31.7. The molecule has 1 atom stereocenters. The molecule has 0 fully saturated rings. The minimum atomic E-state index is -0.634. The number of aryl methyl sites for hydroxylation is 1. The van der Waals surface area contributed by atoms with Gasteiger partial charge in [-0.3, -0.25) is 9.36 Å². The lowest BCUT2D eigenvalue weighted by Crippen LogP contribution is -2.39. The van der Waals surface area contributed by atoms with Crippen LogP contribution in [0.2, 0.25) is 5.02 Å². The number of benzene rings is 2. The zero-order chi connectivity index (χ0) is 25.4. The zero-order valence-electron chi connectivity index (χ0n) is 19.9. The number of allylic oxidation sites excluding steroid dienone is 1. The van der Waals surface area contributed by atoms with E-state index < -0.39 is 12.0 Å². The predicted molar refractivity (Wildman–Crippen MR) is 141 cm³/mol. The van der Waals surface area contributed by atoms with E-state index in [4.69, 9.17) is 20.8 Å². The SMILES string of the molecule is CCOC(=O)C1=C(C)N=c2s/c(=C\c3ccc(-c4cc(Cl)ccc4C)o3)c(=O)n2[C@H]1c1ccccc1. The van der Waals surface area contributed by atoms with E-state index >= 15 is 0 Å². The molecule has 3 heterocycles. The van der Waals surface area contributed by atoms with Crippen molar-refractivity contribution in [2.24, 2.45) is 4.99 Å². The topological polar surface area (TPSA) is 73.8 Å². The van der Waals surface area contributed by atoms with Gasteiger partial charge in [0, 0.05) is 16.7 Å². The highest BCUT2D eigenvalue weighted by molar-refractivity contribution is 7.07. The lowest BCUT2D eigenvalue weighted by atomic mass is 9.96. The van der Waals surface area contributed by atoms with Crippen molar-refractivity contribution in [1.82, 2.24) is 4.57 Å². The van der Waals surface area contributed by atoms with Crippen LogP contribution in [0, 0.1) is 6.92 Å². The molecule has 0 amide bonds. The van der Waals surface area contributed by atoms with Gasteiger partial charge in [-0.25, -0.2) is 9.79 Å². The van der Waals surface area contributed by atoms with Crippen LogP contribution in [-0.4, -0.2) is 17.1 Å². The molecule has 0 radical (unpaired) electrons. The number of esters is 1. The summed E-state index contributed by atoms with van der Waals surface area (Å²) in [7, 11) is 0. The van der Waals surface area contributed by atoms with Crippen LogP contribution < -0.4 is 14.9 Å². The van der Waals surface area contributed by atoms with Gasteiger partial charge in [0.15, 0.2) is 4.80 Å². The summed E-state index contributed by atoms with van der Waals surface area (Å²) >= 11 is 7.43. The van der Waals surface area contributed by atoms with Crippen LogP contribution in [-0.2, 0) is 9.53 Å². The van der Waals surface area contributed by atoms with Crippen molar-refractivity contribution in [3.05, 3.63) is 114 Å². The lowest BCUT2D eigenvalue weighted by molar-refractivity contribution is -0.139. The molecule has 2 aromatic heterocycles. The van der Waals surface area contributed by atoms with Crippen LogP contribution in [0.5, 0.6) is 0 Å². The fraction of sp³-hybridized carbons (Fsp3) is 0.179. The van der Waals surface area contributed by atoms with Gasteiger partial charge in [0.25, 0.3) is 5.56 Å². The molecule has 2 aromatic carbocycles. The van der Waals surface area contributed by atoms with E-state index in [2.05, 4.69) is 4.99 Å². The molecule has 0 bridgehead atoms. The molecule has 5 rings (SSSR count). The maximum absolute atomic E-state index is 13.7. The molecule has 182 valence electrons. The van der Waals surface area contributed by atoms with Crippen molar-refractivity contribution in [1.29, 1.82) is 0 Å². The fourth-order valence-corrected chi connectivity index (χ4v) is 5.51. The first-order chi connectivity index (χ1) is 17.4. The van der Waals surface area contributed by atoms with Gasteiger partial charge in [-0.05, 0) is 56.2 Å². The first-order valence-electron chi connectivity index (χ1n) is 11.5. The normalized spacial score (nSPS) is 15.6.